The van der Waals surface area contributed by atoms with Gasteiger partial charge in [-0.15, -0.1) is 0 Å². The topological polar surface area (TPSA) is 237 Å². The third-order valence-corrected chi connectivity index (χ3v) is 5.93. The average Bonchev–Trinajstić information content (AvgIpc) is 2.90. The van der Waals surface area contributed by atoms with Crippen LogP contribution in [0.25, 0.3) is 0 Å². The second-order valence-corrected chi connectivity index (χ2v) is 9.29. The number of carbonyl (C=O) groups is 6. The Morgan fingerprint density at radius 2 is 1.49 bits per heavy atom. The number of primary amides is 2. The normalized spacial score (nSPS) is 14.2. The molecule has 0 aliphatic rings. The molecule has 16 heteroatoms. The summed E-state index contributed by atoms with van der Waals surface area (Å²) in [6.45, 7) is -1.06. The van der Waals surface area contributed by atoms with Crippen LogP contribution in [0, 0.1) is 5.92 Å². The standard InChI is InChI=1S/C25H35F3N6O7/c26-25(27,28)24(41)32-9-5-4-8-15(22(39)34-18(21(31)38)12-20(30)37)11-19(36)17(33-23(40)16(29)13-35)10-14-6-2-1-3-7-14/h1-3,6-7,15-18,35H,4-5,8-13,29H2,(H2,30,37)(H2,31,38)(H,32,41)(H,33,40)(H,34,39)/t15-,16+,17+,18+/m1/s1. The van der Waals surface area contributed by atoms with Crippen LogP contribution in [0.15, 0.2) is 30.3 Å². The fourth-order valence-electron chi connectivity index (χ4n) is 3.70. The molecule has 0 heterocycles. The molecule has 0 saturated heterocycles. The van der Waals surface area contributed by atoms with Crippen LogP contribution in [-0.2, 0) is 35.2 Å². The van der Waals surface area contributed by atoms with Crippen molar-refractivity contribution in [2.24, 2.45) is 23.1 Å². The fraction of sp³-hybridized carbons (Fsp3) is 0.520. The SMILES string of the molecule is NC(=O)C[C@H](NC(=O)[C@H](CCCCNC(=O)C(F)(F)F)CC(=O)[C@H](Cc1ccccc1)NC(=O)[C@@H](N)CO)C(N)=O. The number of aliphatic hydroxyl groups excluding tert-OH is 1. The number of ketones is 1. The van der Waals surface area contributed by atoms with Crippen LogP contribution in [0.4, 0.5) is 13.2 Å². The van der Waals surface area contributed by atoms with E-state index in [2.05, 4.69) is 10.6 Å². The van der Waals surface area contributed by atoms with Gasteiger partial charge in [0.1, 0.15) is 12.1 Å². The van der Waals surface area contributed by atoms with Crippen LogP contribution in [0.1, 0.15) is 37.7 Å². The number of hydrogen-bond acceptors (Lipinski definition) is 8. The number of halogens is 3. The summed E-state index contributed by atoms with van der Waals surface area (Å²) in [6, 6.07) is 4.55. The second-order valence-electron chi connectivity index (χ2n) is 9.29. The Bertz CT molecular complexity index is 1070. The van der Waals surface area contributed by atoms with Crippen LogP contribution in [0.2, 0.25) is 0 Å². The van der Waals surface area contributed by atoms with Crippen molar-refractivity contribution >= 4 is 35.3 Å². The lowest BCUT2D eigenvalue weighted by Crippen LogP contribution is -2.52. The largest absolute Gasteiger partial charge is 0.471 e. The fourth-order valence-corrected chi connectivity index (χ4v) is 3.70. The minimum atomic E-state index is -5.06. The Balaban J connectivity index is 3.09. The van der Waals surface area contributed by atoms with Gasteiger partial charge < -0.3 is 38.3 Å². The molecule has 10 N–H and O–H groups in total. The van der Waals surface area contributed by atoms with Gasteiger partial charge >= 0.3 is 12.1 Å². The third kappa shape index (κ3) is 13.2. The van der Waals surface area contributed by atoms with Crippen molar-refractivity contribution in [3.05, 3.63) is 35.9 Å². The van der Waals surface area contributed by atoms with Gasteiger partial charge in [0.15, 0.2) is 5.78 Å². The molecule has 228 valence electrons. The predicted molar refractivity (Wildman–Crippen MR) is 138 cm³/mol. The molecular weight excluding hydrogens is 553 g/mol. The van der Waals surface area contributed by atoms with E-state index in [4.69, 9.17) is 17.2 Å². The molecule has 0 radical (unpaired) electrons. The molecule has 0 unspecified atom stereocenters. The van der Waals surface area contributed by atoms with Crippen molar-refractivity contribution in [2.45, 2.75) is 62.8 Å². The number of rotatable bonds is 18. The van der Waals surface area contributed by atoms with Gasteiger partial charge in [-0.3, -0.25) is 28.8 Å². The quantitative estimate of drug-likeness (QED) is 0.0974. The molecule has 0 aliphatic heterocycles. The van der Waals surface area contributed by atoms with E-state index in [1.807, 2.05) is 0 Å². The van der Waals surface area contributed by atoms with E-state index < -0.39 is 85.0 Å². The number of amides is 5. The van der Waals surface area contributed by atoms with Crippen molar-refractivity contribution in [3.8, 4) is 0 Å². The first kappa shape index (κ1) is 35.0. The number of alkyl halides is 3. The molecule has 0 saturated carbocycles. The minimum Gasteiger partial charge on any atom is -0.394 e. The van der Waals surface area contributed by atoms with Gasteiger partial charge in [0.2, 0.25) is 23.6 Å². The first-order chi connectivity index (χ1) is 19.1. The Labute approximate surface area is 233 Å². The summed E-state index contributed by atoms with van der Waals surface area (Å²) in [5.41, 5.74) is 16.5. The molecule has 1 aromatic rings. The van der Waals surface area contributed by atoms with Gasteiger partial charge in [-0.1, -0.05) is 36.8 Å². The highest BCUT2D eigenvalue weighted by atomic mass is 19.4. The predicted octanol–water partition coefficient (Wildman–Crippen LogP) is -1.70. The van der Waals surface area contributed by atoms with Crippen LogP contribution in [-0.4, -0.2) is 77.9 Å². The Morgan fingerprint density at radius 1 is 0.878 bits per heavy atom. The molecule has 0 bridgehead atoms. The maximum absolute atomic E-state index is 13.3. The van der Waals surface area contributed by atoms with E-state index in [9.17, 15) is 47.0 Å². The molecule has 0 spiro atoms. The smallest absolute Gasteiger partial charge is 0.394 e. The zero-order valence-corrected chi connectivity index (χ0v) is 22.1. The van der Waals surface area contributed by atoms with Gasteiger partial charge in [-0.05, 0) is 24.8 Å². The van der Waals surface area contributed by atoms with Crippen LogP contribution in [0.3, 0.4) is 0 Å². The molecule has 4 atom stereocenters. The van der Waals surface area contributed by atoms with Gasteiger partial charge in [-0.2, -0.15) is 13.2 Å². The molecule has 0 fully saturated rings. The maximum Gasteiger partial charge on any atom is 0.471 e. The van der Waals surface area contributed by atoms with Crippen LogP contribution >= 0.6 is 0 Å². The first-order valence-corrected chi connectivity index (χ1v) is 12.6. The third-order valence-electron chi connectivity index (χ3n) is 5.93. The van der Waals surface area contributed by atoms with Crippen LogP contribution < -0.4 is 33.2 Å². The van der Waals surface area contributed by atoms with E-state index in [-0.39, 0.29) is 32.2 Å². The number of nitrogens with two attached hydrogens (primary N) is 3. The Morgan fingerprint density at radius 3 is 2.02 bits per heavy atom. The zero-order valence-electron chi connectivity index (χ0n) is 22.1. The summed E-state index contributed by atoms with van der Waals surface area (Å²) in [4.78, 5) is 72.7. The number of nitrogens with one attached hydrogen (secondary N) is 3. The Hall–Kier alpha value is -4.05. The lowest BCUT2D eigenvalue weighted by atomic mass is 9.90. The Kier molecular flexibility index (Phi) is 14.4. The van der Waals surface area contributed by atoms with Gasteiger partial charge in [0, 0.05) is 18.9 Å². The second kappa shape index (κ2) is 16.9. The minimum absolute atomic E-state index is 0.00691. The molecule has 1 rings (SSSR count). The molecular formula is C25H35F3N6O7. The zero-order chi connectivity index (χ0) is 31.2. The van der Waals surface area contributed by atoms with E-state index in [0.717, 1.165) is 0 Å². The summed E-state index contributed by atoms with van der Waals surface area (Å²) in [7, 11) is 0. The number of aliphatic hydroxyl groups is 1. The highest BCUT2D eigenvalue weighted by Crippen LogP contribution is 2.18. The molecule has 0 aromatic heterocycles. The van der Waals surface area contributed by atoms with Crippen molar-refractivity contribution < 1.29 is 47.0 Å². The summed E-state index contributed by atoms with van der Waals surface area (Å²) >= 11 is 0. The van der Waals surface area contributed by atoms with Crippen molar-refractivity contribution in [2.75, 3.05) is 13.2 Å². The molecule has 13 nitrogen and oxygen atoms in total. The van der Waals surface area contributed by atoms with Gasteiger partial charge in [0.05, 0.1) is 19.1 Å². The maximum atomic E-state index is 13.3. The molecule has 1 aromatic carbocycles. The highest BCUT2D eigenvalue weighted by molar-refractivity contribution is 5.95. The molecule has 0 aliphatic carbocycles. The lowest BCUT2D eigenvalue weighted by molar-refractivity contribution is -0.173. The number of benzene rings is 1. The highest BCUT2D eigenvalue weighted by Gasteiger charge is 2.38. The number of hydrogen-bond donors (Lipinski definition) is 7. The van der Waals surface area contributed by atoms with E-state index >= 15 is 0 Å². The van der Waals surface area contributed by atoms with E-state index in [1.165, 1.54) is 0 Å². The molecule has 5 amide bonds. The van der Waals surface area contributed by atoms with Crippen molar-refractivity contribution in [3.63, 3.8) is 0 Å². The number of carbonyl (C=O) groups excluding carboxylic acids is 6. The summed E-state index contributed by atoms with van der Waals surface area (Å²) in [5, 5.41) is 15.6. The number of Topliss-reactive ketones (excluding diaryl/α,β-unsaturated/α-hetero) is 1. The van der Waals surface area contributed by atoms with Crippen molar-refractivity contribution in [1.29, 1.82) is 0 Å². The monoisotopic (exact) mass is 588 g/mol. The summed E-state index contributed by atoms with van der Waals surface area (Å²) in [6.07, 6.45) is -6.15. The molecule has 41 heavy (non-hydrogen) atoms. The van der Waals surface area contributed by atoms with E-state index in [1.54, 1.807) is 35.6 Å². The van der Waals surface area contributed by atoms with Crippen molar-refractivity contribution in [1.82, 2.24) is 16.0 Å². The van der Waals surface area contributed by atoms with Gasteiger partial charge in [-0.25, -0.2) is 0 Å². The number of unbranched alkanes of at least 4 members (excludes halogenated alkanes) is 1. The average molecular weight is 589 g/mol. The van der Waals surface area contributed by atoms with E-state index in [0.29, 0.717) is 5.56 Å². The van der Waals surface area contributed by atoms with Crippen LogP contribution in [0.5, 0.6) is 0 Å². The van der Waals surface area contributed by atoms with Gasteiger partial charge in [0.25, 0.3) is 0 Å². The lowest BCUT2D eigenvalue weighted by Gasteiger charge is -2.24. The first-order valence-electron chi connectivity index (χ1n) is 12.6. The summed E-state index contributed by atoms with van der Waals surface area (Å²) in [5.74, 6) is -7.60. The summed E-state index contributed by atoms with van der Waals surface area (Å²) < 4.78 is 37.1.